The third kappa shape index (κ3) is 3.01. The molecule has 3 aromatic rings. The number of hydrogen-bond donors (Lipinski definition) is 0. The molecule has 4 nitrogen and oxygen atoms in total. The Morgan fingerprint density at radius 1 is 1.32 bits per heavy atom. The van der Waals surface area contributed by atoms with Crippen LogP contribution in [0.4, 0.5) is 4.39 Å². The van der Waals surface area contributed by atoms with E-state index in [0.717, 1.165) is 17.3 Å². The number of aryl methyl sites for hydroxylation is 1. The number of nitrogens with zero attached hydrogens (tertiary/aromatic N) is 2. The van der Waals surface area contributed by atoms with Crippen LogP contribution in [0.2, 0.25) is 0 Å². The summed E-state index contributed by atoms with van der Waals surface area (Å²) in [6, 6.07) is 7.73. The molecule has 0 aliphatic carbocycles. The third-order valence-corrected chi connectivity index (χ3v) is 3.84. The van der Waals surface area contributed by atoms with Crippen LogP contribution in [-0.4, -0.2) is 15.4 Å². The number of pyridine rings is 1. The maximum Gasteiger partial charge on any atom is 0.339 e. The Labute approximate surface area is 134 Å². The van der Waals surface area contributed by atoms with Crippen molar-refractivity contribution >= 4 is 27.5 Å². The normalized spacial score (nSPS) is 10.9. The fourth-order valence-corrected chi connectivity index (χ4v) is 2.50. The predicted molar refractivity (Wildman–Crippen MR) is 83.1 cm³/mol. The first-order chi connectivity index (χ1) is 10.5. The molecule has 2 heterocycles. The number of carbonyl (C=O) groups is 1. The zero-order valence-corrected chi connectivity index (χ0v) is 13.3. The number of aromatic nitrogens is 2. The van der Waals surface area contributed by atoms with Crippen molar-refractivity contribution in [3.63, 3.8) is 0 Å². The highest BCUT2D eigenvalue weighted by molar-refractivity contribution is 9.10. The molecule has 0 spiro atoms. The van der Waals surface area contributed by atoms with Crippen molar-refractivity contribution < 1.29 is 13.9 Å². The summed E-state index contributed by atoms with van der Waals surface area (Å²) in [7, 11) is 0. The fraction of sp³-hybridized carbons (Fsp3) is 0.125. The van der Waals surface area contributed by atoms with Crippen LogP contribution in [-0.2, 0) is 11.3 Å². The molecule has 0 aliphatic rings. The number of rotatable bonds is 3. The highest BCUT2D eigenvalue weighted by Gasteiger charge is 2.13. The maximum absolute atomic E-state index is 13.2. The predicted octanol–water partition coefficient (Wildman–Crippen LogP) is 3.90. The van der Waals surface area contributed by atoms with Crippen molar-refractivity contribution in [3.8, 4) is 0 Å². The lowest BCUT2D eigenvalue weighted by molar-refractivity contribution is 0.0466. The summed E-state index contributed by atoms with van der Waals surface area (Å²) < 4.78 is 20.8. The van der Waals surface area contributed by atoms with Gasteiger partial charge in [-0.3, -0.25) is 0 Å². The molecule has 6 heteroatoms. The molecule has 0 unspecified atom stereocenters. The van der Waals surface area contributed by atoms with Crippen molar-refractivity contribution in [2.24, 2.45) is 0 Å². The Morgan fingerprint density at radius 3 is 2.95 bits per heavy atom. The molecule has 0 atom stereocenters. The van der Waals surface area contributed by atoms with E-state index in [4.69, 9.17) is 4.74 Å². The number of hydrogen-bond acceptors (Lipinski definition) is 3. The number of halogens is 2. The van der Waals surface area contributed by atoms with E-state index in [9.17, 15) is 9.18 Å². The Morgan fingerprint density at radius 2 is 2.14 bits per heavy atom. The minimum Gasteiger partial charge on any atom is -0.455 e. The highest BCUT2D eigenvalue weighted by atomic mass is 79.9. The van der Waals surface area contributed by atoms with Crippen molar-refractivity contribution in [1.82, 2.24) is 9.38 Å². The van der Waals surface area contributed by atoms with Gasteiger partial charge in [0.15, 0.2) is 0 Å². The van der Waals surface area contributed by atoms with Crippen LogP contribution >= 0.6 is 15.9 Å². The molecule has 0 amide bonds. The molecule has 22 heavy (non-hydrogen) atoms. The van der Waals surface area contributed by atoms with Gasteiger partial charge >= 0.3 is 5.97 Å². The number of esters is 1. The first-order valence-corrected chi connectivity index (χ1v) is 7.38. The Hall–Kier alpha value is -2.21. The molecule has 2 aromatic heterocycles. The summed E-state index contributed by atoms with van der Waals surface area (Å²) in [5.74, 6) is -1.09. The van der Waals surface area contributed by atoms with Crippen LogP contribution in [0.5, 0.6) is 0 Å². The lowest BCUT2D eigenvalue weighted by Gasteiger charge is -2.04. The Kier molecular flexibility index (Phi) is 3.94. The number of carbonyl (C=O) groups excluding carboxylic acids is 1. The Bertz CT molecular complexity index is 860. The summed E-state index contributed by atoms with van der Waals surface area (Å²) in [5.41, 5.74) is 2.67. The third-order valence-electron chi connectivity index (χ3n) is 3.15. The van der Waals surface area contributed by atoms with Crippen LogP contribution in [0.1, 0.15) is 21.6 Å². The van der Waals surface area contributed by atoms with Gasteiger partial charge in [-0.25, -0.2) is 14.2 Å². The van der Waals surface area contributed by atoms with Crippen LogP contribution in [0, 0.1) is 12.7 Å². The van der Waals surface area contributed by atoms with E-state index in [2.05, 4.69) is 20.9 Å². The average Bonchev–Trinajstić information content (AvgIpc) is 2.89. The van der Waals surface area contributed by atoms with Crippen molar-refractivity contribution in [1.29, 1.82) is 0 Å². The van der Waals surface area contributed by atoms with Gasteiger partial charge in [0.2, 0.25) is 0 Å². The fourth-order valence-electron chi connectivity index (χ4n) is 2.10. The van der Waals surface area contributed by atoms with Gasteiger partial charge in [0.1, 0.15) is 18.1 Å². The molecule has 0 N–H and O–H groups in total. The molecule has 0 aliphatic heterocycles. The average molecular weight is 363 g/mol. The van der Waals surface area contributed by atoms with Gasteiger partial charge in [-0.05, 0) is 52.7 Å². The zero-order chi connectivity index (χ0) is 15.7. The van der Waals surface area contributed by atoms with Gasteiger partial charge in [-0.1, -0.05) is 6.07 Å². The van der Waals surface area contributed by atoms with E-state index in [1.165, 1.54) is 12.1 Å². The minimum absolute atomic E-state index is 0.0303. The lowest BCUT2D eigenvalue weighted by Crippen LogP contribution is -2.06. The lowest BCUT2D eigenvalue weighted by atomic mass is 10.2. The largest absolute Gasteiger partial charge is 0.455 e. The summed E-state index contributed by atoms with van der Waals surface area (Å²) in [5, 5.41) is 0. The first-order valence-electron chi connectivity index (χ1n) is 6.59. The van der Waals surface area contributed by atoms with Crippen LogP contribution in [0.15, 0.2) is 47.2 Å². The van der Waals surface area contributed by atoms with Gasteiger partial charge in [0.25, 0.3) is 0 Å². The van der Waals surface area contributed by atoms with Crippen molar-refractivity contribution in [2.75, 3.05) is 0 Å². The van der Waals surface area contributed by atoms with E-state index < -0.39 is 11.8 Å². The summed E-state index contributed by atoms with van der Waals surface area (Å²) in [6.07, 6.45) is 3.74. The summed E-state index contributed by atoms with van der Waals surface area (Å²) >= 11 is 3.21. The van der Waals surface area contributed by atoms with Gasteiger partial charge in [0, 0.05) is 16.9 Å². The van der Waals surface area contributed by atoms with Crippen LogP contribution in [0.3, 0.4) is 0 Å². The molecule has 3 rings (SSSR count). The first kappa shape index (κ1) is 14.7. The number of fused-ring (bicyclic) bond motifs is 1. The molecule has 0 saturated carbocycles. The van der Waals surface area contributed by atoms with Crippen LogP contribution < -0.4 is 0 Å². The number of imidazole rings is 1. The molecule has 1 aromatic carbocycles. The van der Waals surface area contributed by atoms with Crippen molar-refractivity contribution in [3.05, 3.63) is 69.8 Å². The maximum atomic E-state index is 13.2. The molecule has 0 fully saturated rings. The van der Waals surface area contributed by atoms with E-state index in [-0.39, 0.29) is 12.2 Å². The molecular formula is C16H12BrFN2O2. The highest BCUT2D eigenvalue weighted by Crippen LogP contribution is 2.19. The standard InChI is InChI=1S/C16H12BrFN2O2/c1-10-2-5-15-19-12(8-20(15)7-10)9-22-16(21)13-6-11(18)3-4-14(13)17/h2-8H,9H2,1H3. The van der Waals surface area contributed by atoms with Gasteiger partial charge in [0.05, 0.1) is 11.3 Å². The Balaban J connectivity index is 1.75. The monoisotopic (exact) mass is 362 g/mol. The summed E-state index contributed by atoms with van der Waals surface area (Å²) in [6.45, 7) is 2.02. The van der Waals surface area contributed by atoms with Gasteiger partial charge in [-0.15, -0.1) is 0 Å². The second-order valence-electron chi connectivity index (χ2n) is 4.90. The smallest absolute Gasteiger partial charge is 0.339 e. The molecule has 0 radical (unpaired) electrons. The second kappa shape index (κ2) is 5.88. The second-order valence-corrected chi connectivity index (χ2v) is 5.76. The van der Waals surface area contributed by atoms with E-state index in [0.29, 0.717) is 10.2 Å². The molecular weight excluding hydrogens is 351 g/mol. The quantitative estimate of drug-likeness (QED) is 0.663. The zero-order valence-electron chi connectivity index (χ0n) is 11.7. The topological polar surface area (TPSA) is 43.6 Å². The SMILES string of the molecule is Cc1ccc2nc(COC(=O)c3cc(F)ccc3Br)cn2c1. The van der Waals surface area contributed by atoms with E-state index >= 15 is 0 Å². The van der Waals surface area contributed by atoms with Crippen molar-refractivity contribution in [2.45, 2.75) is 13.5 Å². The van der Waals surface area contributed by atoms with E-state index in [1.54, 1.807) is 6.20 Å². The molecule has 112 valence electrons. The minimum atomic E-state index is -0.598. The molecule has 0 saturated heterocycles. The van der Waals surface area contributed by atoms with Crippen LogP contribution in [0.25, 0.3) is 5.65 Å². The van der Waals surface area contributed by atoms with Gasteiger partial charge in [-0.2, -0.15) is 0 Å². The summed E-state index contributed by atoms with van der Waals surface area (Å²) in [4.78, 5) is 16.4. The van der Waals surface area contributed by atoms with Gasteiger partial charge < -0.3 is 9.14 Å². The number of benzene rings is 1. The van der Waals surface area contributed by atoms with E-state index in [1.807, 2.05) is 29.7 Å². The molecule has 0 bridgehead atoms. The number of ether oxygens (including phenoxy) is 1.